The van der Waals surface area contributed by atoms with E-state index in [0.29, 0.717) is 23.9 Å². The van der Waals surface area contributed by atoms with Crippen molar-refractivity contribution in [3.8, 4) is 0 Å². The number of fused-ring (bicyclic) bond motifs is 4. The predicted octanol–water partition coefficient (Wildman–Crippen LogP) is 8.71. The van der Waals surface area contributed by atoms with Crippen molar-refractivity contribution in [3.05, 3.63) is 143 Å². The zero-order chi connectivity index (χ0) is 26.3. The van der Waals surface area contributed by atoms with Crippen molar-refractivity contribution in [2.24, 2.45) is 10.9 Å². The first-order valence-electron chi connectivity index (χ1n) is 13.6. The first-order chi connectivity index (χ1) is 19.1. The van der Waals surface area contributed by atoms with Crippen LogP contribution in [0.25, 0.3) is 10.9 Å². The SMILES string of the molecule is Cc1ccc2c(c1)[C@@H]1C=CC[C@@H]1[C@H](c1ccc(N=Cc3cc4ccccc4n3Cc3ccccc3F)cc1)N2. The van der Waals surface area contributed by atoms with E-state index in [1.807, 2.05) is 30.5 Å². The Kier molecular flexibility index (Phi) is 5.89. The summed E-state index contributed by atoms with van der Waals surface area (Å²) in [4.78, 5) is 4.82. The maximum absolute atomic E-state index is 14.5. The Bertz CT molecular complexity index is 1730. The molecule has 0 saturated heterocycles. The molecule has 1 aliphatic heterocycles. The summed E-state index contributed by atoms with van der Waals surface area (Å²) in [7, 11) is 0. The average molecular weight is 512 g/mol. The Labute approximate surface area is 228 Å². The number of rotatable bonds is 5. The number of halogens is 1. The molecule has 4 aromatic carbocycles. The summed E-state index contributed by atoms with van der Waals surface area (Å²) >= 11 is 0. The smallest absolute Gasteiger partial charge is 0.128 e. The van der Waals surface area contributed by atoms with Crippen molar-refractivity contribution in [2.75, 3.05) is 5.32 Å². The monoisotopic (exact) mass is 511 g/mol. The van der Waals surface area contributed by atoms with Crippen LogP contribution >= 0.6 is 0 Å². The van der Waals surface area contributed by atoms with Gasteiger partial charge in [-0.2, -0.15) is 0 Å². The van der Waals surface area contributed by atoms with Gasteiger partial charge in [-0.15, -0.1) is 0 Å². The van der Waals surface area contributed by atoms with Gasteiger partial charge >= 0.3 is 0 Å². The third-order valence-corrected chi connectivity index (χ3v) is 8.25. The molecule has 7 rings (SSSR count). The Morgan fingerprint density at radius 2 is 1.77 bits per heavy atom. The summed E-state index contributed by atoms with van der Waals surface area (Å²) in [5.74, 6) is 0.783. The zero-order valence-electron chi connectivity index (χ0n) is 21.9. The van der Waals surface area contributed by atoms with Gasteiger partial charge in [0.15, 0.2) is 0 Å². The van der Waals surface area contributed by atoms with Gasteiger partial charge in [0.25, 0.3) is 0 Å². The fourth-order valence-corrected chi connectivity index (χ4v) is 6.26. The lowest BCUT2D eigenvalue weighted by atomic mass is 9.76. The molecule has 1 aromatic heterocycles. The lowest BCUT2D eigenvalue weighted by molar-refractivity contribution is 0.425. The van der Waals surface area contributed by atoms with Gasteiger partial charge in [0.2, 0.25) is 0 Å². The summed E-state index contributed by atoms with van der Waals surface area (Å²) in [6.45, 7) is 2.62. The number of hydrogen-bond donors (Lipinski definition) is 1. The number of benzene rings is 4. The molecule has 3 nitrogen and oxygen atoms in total. The molecule has 1 aliphatic carbocycles. The van der Waals surface area contributed by atoms with E-state index >= 15 is 0 Å². The molecular formula is C35H30FN3. The van der Waals surface area contributed by atoms with E-state index in [-0.39, 0.29) is 11.9 Å². The van der Waals surface area contributed by atoms with E-state index in [1.165, 1.54) is 28.4 Å². The van der Waals surface area contributed by atoms with Crippen LogP contribution in [0.4, 0.5) is 15.8 Å². The first kappa shape index (κ1) is 23.7. The van der Waals surface area contributed by atoms with E-state index in [4.69, 9.17) is 4.99 Å². The predicted molar refractivity (Wildman–Crippen MR) is 159 cm³/mol. The molecule has 0 bridgehead atoms. The number of aromatic nitrogens is 1. The second-order valence-electron chi connectivity index (χ2n) is 10.7. The highest BCUT2D eigenvalue weighted by Crippen LogP contribution is 2.50. The number of aliphatic imine (C=N–C) groups is 1. The van der Waals surface area contributed by atoms with E-state index in [1.54, 1.807) is 6.07 Å². The summed E-state index contributed by atoms with van der Waals surface area (Å²) < 4.78 is 16.6. The van der Waals surface area contributed by atoms with Crippen molar-refractivity contribution in [3.63, 3.8) is 0 Å². The van der Waals surface area contributed by atoms with E-state index in [2.05, 4.69) is 89.6 Å². The van der Waals surface area contributed by atoms with Crippen LogP contribution in [0.15, 0.2) is 114 Å². The van der Waals surface area contributed by atoms with Crippen molar-refractivity contribution >= 4 is 28.5 Å². The molecular weight excluding hydrogens is 481 g/mol. The molecule has 2 aliphatic rings. The number of para-hydroxylation sites is 1. The molecule has 39 heavy (non-hydrogen) atoms. The van der Waals surface area contributed by atoms with Crippen LogP contribution in [0.1, 0.15) is 46.3 Å². The second kappa shape index (κ2) is 9.70. The number of allylic oxidation sites excluding steroid dienone is 2. The Morgan fingerprint density at radius 3 is 2.64 bits per heavy atom. The molecule has 2 heterocycles. The lowest BCUT2D eigenvalue weighted by Gasteiger charge is -2.37. The maximum Gasteiger partial charge on any atom is 0.128 e. The van der Waals surface area contributed by atoms with Gasteiger partial charge in [-0.3, -0.25) is 4.99 Å². The molecule has 0 fully saturated rings. The van der Waals surface area contributed by atoms with Crippen LogP contribution in [0.2, 0.25) is 0 Å². The van der Waals surface area contributed by atoms with Crippen molar-refractivity contribution in [1.29, 1.82) is 0 Å². The fraction of sp³-hybridized carbons (Fsp3) is 0.171. The van der Waals surface area contributed by atoms with Gasteiger partial charge in [-0.25, -0.2) is 4.39 Å². The highest BCUT2D eigenvalue weighted by Gasteiger charge is 2.37. The lowest BCUT2D eigenvalue weighted by Crippen LogP contribution is -2.29. The van der Waals surface area contributed by atoms with Crippen LogP contribution in [0.3, 0.4) is 0 Å². The molecule has 0 amide bonds. The summed E-state index contributed by atoms with van der Waals surface area (Å²) in [6, 6.07) is 32.9. The maximum atomic E-state index is 14.5. The van der Waals surface area contributed by atoms with Crippen LogP contribution in [0.5, 0.6) is 0 Å². The minimum atomic E-state index is -0.192. The molecule has 0 spiro atoms. The fourth-order valence-electron chi connectivity index (χ4n) is 6.26. The molecule has 0 saturated carbocycles. The van der Waals surface area contributed by atoms with Crippen LogP contribution in [-0.4, -0.2) is 10.8 Å². The van der Waals surface area contributed by atoms with Crippen LogP contribution < -0.4 is 5.32 Å². The number of aryl methyl sites for hydroxylation is 1. The summed E-state index contributed by atoms with van der Waals surface area (Å²) in [6.07, 6.45) is 7.70. The Hall–Kier alpha value is -4.44. The molecule has 0 unspecified atom stereocenters. The minimum absolute atomic E-state index is 0.192. The topological polar surface area (TPSA) is 29.3 Å². The molecule has 1 N–H and O–H groups in total. The average Bonchev–Trinajstić information content (AvgIpc) is 3.59. The number of hydrogen-bond acceptors (Lipinski definition) is 2. The van der Waals surface area contributed by atoms with Gasteiger partial charge in [0.05, 0.1) is 30.2 Å². The van der Waals surface area contributed by atoms with Crippen LogP contribution in [-0.2, 0) is 6.54 Å². The highest BCUT2D eigenvalue weighted by molar-refractivity contribution is 5.91. The van der Waals surface area contributed by atoms with E-state index < -0.39 is 0 Å². The molecule has 5 aromatic rings. The zero-order valence-corrected chi connectivity index (χ0v) is 21.9. The standard InChI is InChI=1S/C35H30FN3/c1-23-13-18-33-31(19-23)29-9-6-10-30(29)35(38-33)24-14-16-27(17-15-24)37-21-28-20-25-7-3-5-12-34(25)39(28)22-26-8-2-4-11-32(26)36/h2-9,11-21,29-30,35,38H,10,22H2,1H3/t29-,30+,35+/m1/s1. The normalized spacial score (nSPS) is 19.8. The number of anilines is 1. The van der Waals surface area contributed by atoms with Gasteiger partial charge in [-0.05, 0) is 66.8 Å². The Morgan fingerprint density at radius 1 is 0.949 bits per heavy atom. The van der Waals surface area contributed by atoms with Crippen LogP contribution in [0, 0.1) is 18.7 Å². The molecule has 192 valence electrons. The van der Waals surface area contributed by atoms with Crippen molar-refractivity contribution < 1.29 is 4.39 Å². The van der Waals surface area contributed by atoms with E-state index in [0.717, 1.165) is 28.7 Å². The molecule has 4 heteroatoms. The van der Waals surface area contributed by atoms with Gasteiger partial charge in [0.1, 0.15) is 5.82 Å². The third-order valence-electron chi connectivity index (χ3n) is 8.25. The largest absolute Gasteiger partial charge is 0.378 e. The van der Waals surface area contributed by atoms with E-state index in [9.17, 15) is 4.39 Å². The summed E-state index contributed by atoms with van der Waals surface area (Å²) in [5.41, 5.74) is 8.82. The highest BCUT2D eigenvalue weighted by atomic mass is 19.1. The second-order valence-corrected chi connectivity index (χ2v) is 10.7. The number of nitrogens with zero attached hydrogens (tertiary/aromatic N) is 2. The van der Waals surface area contributed by atoms with Crippen molar-refractivity contribution in [2.45, 2.75) is 31.8 Å². The van der Waals surface area contributed by atoms with Gasteiger partial charge in [-0.1, -0.05) is 78.4 Å². The minimum Gasteiger partial charge on any atom is -0.378 e. The number of nitrogens with one attached hydrogen (secondary N) is 1. The third kappa shape index (κ3) is 4.36. The van der Waals surface area contributed by atoms with Crippen molar-refractivity contribution in [1.82, 2.24) is 4.57 Å². The summed E-state index contributed by atoms with van der Waals surface area (Å²) in [5, 5.41) is 4.94. The molecule has 0 radical (unpaired) electrons. The quantitative estimate of drug-likeness (QED) is 0.186. The molecule has 3 atom stereocenters. The first-order valence-corrected chi connectivity index (χ1v) is 13.6. The van der Waals surface area contributed by atoms with Gasteiger partial charge in [0, 0.05) is 28.1 Å². The van der Waals surface area contributed by atoms with Gasteiger partial charge < -0.3 is 9.88 Å². The Balaban J connectivity index is 1.16.